The third-order valence-corrected chi connectivity index (χ3v) is 8.47. The van der Waals surface area contributed by atoms with Gasteiger partial charge in [0.15, 0.2) is 0 Å². The van der Waals surface area contributed by atoms with E-state index in [0.29, 0.717) is 15.8 Å². The Labute approximate surface area is 266 Å². The number of esters is 1. The molecule has 0 unspecified atom stereocenters. The molecule has 5 rings (SSSR count). The van der Waals surface area contributed by atoms with E-state index in [1.807, 2.05) is 71.7 Å². The van der Waals surface area contributed by atoms with Gasteiger partial charge in [-0.25, -0.2) is 4.79 Å². The third kappa shape index (κ3) is 7.00. The maximum Gasteiger partial charge on any atom is 0.341 e. The van der Waals surface area contributed by atoms with Gasteiger partial charge < -0.3 is 19.1 Å². The minimum Gasteiger partial charge on any atom is -0.497 e. The minimum absolute atomic E-state index is 0.0463. The van der Waals surface area contributed by atoms with Crippen molar-refractivity contribution in [2.75, 3.05) is 44.3 Å². The van der Waals surface area contributed by atoms with Crippen LogP contribution >= 0.6 is 15.9 Å². The average Bonchev–Trinajstić information content (AvgIpc) is 3.08. The maximum atomic E-state index is 13.7. The van der Waals surface area contributed by atoms with E-state index >= 15 is 0 Å². The molecular formula is C35H36BrN3O5. The number of ether oxygens (including phenoxy) is 3. The van der Waals surface area contributed by atoms with Crippen molar-refractivity contribution in [3.05, 3.63) is 101 Å². The van der Waals surface area contributed by atoms with Crippen LogP contribution in [0, 0.1) is 0 Å². The van der Waals surface area contributed by atoms with Crippen molar-refractivity contribution >= 4 is 44.9 Å². The number of carbonyl (C=O) groups is 2. The van der Waals surface area contributed by atoms with Gasteiger partial charge >= 0.3 is 5.97 Å². The zero-order chi connectivity index (χ0) is 31.1. The van der Waals surface area contributed by atoms with Gasteiger partial charge in [-0.3, -0.25) is 15.2 Å². The highest BCUT2D eigenvalue weighted by Crippen LogP contribution is 2.36. The van der Waals surface area contributed by atoms with Crippen molar-refractivity contribution in [1.82, 2.24) is 5.43 Å². The molecule has 0 aromatic heterocycles. The van der Waals surface area contributed by atoms with Crippen LogP contribution < -0.4 is 24.8 Å². The van der Waals surface area contributed by atoms with Gasteiger partial charge in [0.25, 0.3) is 0 Å². The lowest BCUT2D eigenvalue weighted by molar-refractivity contribution is -0.120. The Hall–Kier alpha value is -4.50. The Morgan fingerprint density at radius 1 is 0.841 bits per heavy atom. The normalized spacial score (nSPS) is 12.8. The number of rotatable bonds is 10. The fraction of sp³-hybridized carbons (Fsp3) is 0.257. The number of hydrogen-bond donors (Lipinski definition) is 1. The quantitative estimate of drug-likeness (QED) is 0.141. The van der Waals surface area contributed by atoms with E-state index in [1.54, 1.807) is 19.2 Å². The number of piperidine rings is 1. The molecule has 1 heterocycles. The summed E-state index contributed by atoms with van der Waals surface area (Å²) in [4.78, 5) is 28.3. The summed E-state index contributed by atoms with van der Waals surface area (Å²) >= 11 is 3.52. The van der Waals surface area contributed by atoms with Gasteiger partial charge in [0.05, 0.1) is 44.8 Å². The molecule has 8 nitrogen and oxygen atoms in total. The van der Waals surface area contributed by atoms with Crippen LogP contribution in [0.4, 0.5) is 17.1 Å². The Kier molecular flexibility index (Phi) is 10.1. The first kappa shape index (κ1) is 30.9. The van der Waals surface area contributed by atoms with Crippen molar-refractivity contribution in [1.29, 1.82) is 0 Å². The standard InChI is InChI=1S/C35H36BrN3O5/c1-42-28-17-13-25(14-18-28)24-11-15-27(16-12-24)39(32-10-6-5-9-31(32)38-19-7-4-8-20-38)37-34(40)22-26-21-33(43-2)29(23-30(26)36)35(41)44-3/h5-6,9-18,21,23H,4,7-8,19-20,22H2,1-3H3,(H,37,40). The molecule has 0 atom stereocenters. The van der Waals surface area contributed by atoms with Crippen LogP contribution in [0.15, 0.2) is 89.4 Å². The summed E-state index contributed by atoms with van der Waals surface area (Å²) in [5.41, 5.74) is 9.00. The minimum atomic E-state index is -0.517. The molecule has 1 fully saturated rings. The Bertz CT molecular complexity index is 1600. The average molecular weight is 659 g/mol. The fourth-order valence-corrected chi connectivity index (χ4v) is 5.90. The van der Waals surface area contributed by atoms with Crippen LogP contribution in [-0.2, 0) is 16.0 Å². The number of hydrogen-bond acceptors (Lipinski definition) is 7. The van der Waals surface area contributed by atoms with Gasteiger partial charge in [0, 0.05) is 17.6 Å². The first-order valence-corrected chi connectivity index (χ1v) is 15.3. The van der Waals surface area contributed by atoms with E-state index in [-0.39, 0.29) is 17.9 Å². The van der Waals surface area contributed by atoms with Crippen LogP contribution in [0.1, 0.15) is 35.2 Å². The van der Waals surface area contributed by atoms with Crippen LogP contribution in [0.2, 0.25) is 0 Å². The van der Waals surface area contributed by atoms with Crippen molar-refractivity contribution in [2.24, 2.45) is 0 Å². The number of nitrogens with zero attached hydrogens (tertiary/aromatic N) is 2. The van der Waals surface area contributed by atoms with Gasteiger partial charge in [-0.1, -0.05) is 52.3 Å². The Morgan fingerprint density at radius 3 is 2.14 bits per heavy atom. The third-order valence-electron chi connectivity index (χ3n) is 7.73. The molecule has 1 amide bonds. The number of halogens is 1. The summed E-state index contributed by atoms with van der Waals surface area (Å²) in [6, 6.07) is 27.5. The van der Waals surface area contributed by atoms with Crippen molar-refractivity contribution < 1.29 is 23.8 Å². The molecule has 0 radical (unpaired) electrons. The van der Waals surface area contributed by atoms with E-state index in [0.717, 1.165) is 59.9 Å². The zero-order valence-electron chi connectivity index (χ0n) is 25.1. The van der Waals surface area contributed by atoms with Crippen LogP contribution in [0.5, 0.6) is 11.5 Å². The van der Waals surface area contributed by atoms with Crippen molar-refractivity contribution in [2.45, 2.75) is 25.7 Å². The van der Waals surface area contributed by atoms with E-state index in [2.05, 4.69) is 32.3 Å². The smallest absolute Gasteiger partial charge is 0.341 e. The van der Waals surface area contributed by atoms with Gasteiger partial charge in [-0.05, 0) is 84.5 Å². The zero-order valence-corrected chi connectivity index (χ0v) is 26.7. The highest BCUT2D eigenvalue weighted by molar-refractivity contribution is 9.10. The number of nitrogens with one attached hydrogen (secondary N) is 1. The molecular weight excluding hydrogens is 622 g/mol. The topological polar surface area (TPSA) is 80.3 Å². The second kappa shape index (κ2) is 14.3. The lowest BCUT2D eigenvalue weighted by atomic mass is 10.0. The second-order valence-electron chi connectivity index (χ2n) is 10.5. The molecule has 228 valence electrons. The van der Waals surface area contributed by atoms with E-state index < -0.39 is 5.97 Å². The number of carbonyl (C=O) groups excluding carboxylic acids is 2. The number of methoxy groups -OCH3 is 3. The molecule has 0 spiro atoms. The summed E-state index contributed by atoms with van der Waals surface area (Å²) in [7, 11) is 4.45. The lowest BCUT2D eigenvalue weighted by Crippen LogP contribution is -2.41. The SMILES string of the molecule is COC(=O)c1cc(Br)c(CC(=O)NN(c2ccc(-c3ccc(OC)cc3)cc2)c2ccccc2N2CCCCC2)cc1OC. The molecule has 1 aliphatic rings. The predicted octanol–water partition coefficient (Wildman–Crippen LogP) is 7.32. The monoisotopic (exact) mass is 657 g/mol. The number of amides is 1. The van der Waals surface area contributed by atoms with Gasteiger partial charge in [0.2, 0.25) is 5.91 Å². The molecule has 1 aliphatic heterocycles. The van der Waals surface area contributed by atoms with Gasteiger partial charge in [-0.2, -0.15) is 0 Å². The summed E-state index contributed by atoms with van der Waals surface area (Å²) in [6.45, 7) is 1.93. The van der Waals surface area contributed by atoms with Crippen LogP contribution in [0.25, 0.3) is 11.1 Å². The Morgan fingerprint density at radius 2 is 1.50 bits per heavy atom. The van der Waals surface area contributed by atoms with E-state index in [9.17, 15) is 9.59 Å². The van der Waals surface area contributed by atoms with Gasteiger partial charge in [0.1, 0.15) is 17.1 Å². The lowest BCUT2D eigenvalue weighted by Gasteiger charge is -2.34. The molecule has 0 bridgehead atoms. The first-order chi connectivity index (χ1) is 21.4. The fourth-order valence-electron chi connectivity index (χ4n) is 5.41. The van der Waals surface area contributed by atoms with Crippen molar-refractivity contribution in [3.8, 4) is 22.6 Å². The summed E-state index contributed by atoms with van der Waals surface area (Å²) in [5.74, 6) is 0.394. The maximum absolute atomic E-state index is 13.7. The number of hydrazine groups is 1. The molecule has 44 heavy (non-hydrogen) atoms. The molecule has 4 aromatic rings. The summed E-state index contributed by atoms with van der Waals surface area (Å²) < 4.78 is 16.2. The highest BCUT2D eigenvalue weighted by atomic mass is 79.9. The predicted molar refractivity (Wildman–Crippen MR) is 177 cm³/mol. The van der Waals surface area contributed by atoms with Crippen LogP contribution in [-0.4, -0.2) is 46.3 Å². The molecule has 4 aromatic carbocycles. The molecule has 1 N–H and O–H groups in total. The van der Waals surface area contributed by atoms with E-state index in [1.165, 1.54) is 20.6 Å². The van der Waals surface area contributed by atoms with E-state index in [4.69, 9.17) is 14.2 Å². The number of para-hydroxylation sites is 2. The number of benzene rings is 4. The summed E-state index contributed by atoms with van der Waals surface area (Å²) in [5, 5.41) is 1.86. The molecule has 1 saturated heterocycles. The molecule has 9 heteroatoms. The molecule has 0 saturated carbocycles. The highest BCUT2D eigenvalue weighted by Gasteiger charge is 2.23. The van der Waals surface area contributed by atoms with Crippen LogP contribution in [0.3, 0.4) is 0 Å². The number of anilines is 3. The van der Waals surface area contributed by atoms with Gasteiger partial charge in [-0.15, -0.1) is 0 Å². The Balaban J connectivity index is 1.47. The molecule has 0 aliphatic carbocycles. The first-order valence-electron chi connectivity index (χ1n) is 14.5. The second-order valence-corrected chi connectivity index (χ2v) is 11.3. The largest absolute Gasteiger partial charge is 0.497 e. The summed E-state index contributed by atoms with van der Waals surface area (Å²) in [6.07, 6.45) is 3.53. The van der Waals surface area contributed by atoms with Crippen molar-refractivity contribution in [3.63, 3.8) is 0 Å².